The van der Waals surface area contributed by atoms with Crippen molar-refractivity contribution in [1.82, 2.24) is 15.0 Å². The van der Waals surface area contributed by atoms with Crippen LogP contribution in [-0.2, 0) is 6.54 Å². The third-order valence-electron chi connectivity index (χ3n) is 3.17. The number of non-ortho nitro benzene ring substituents is 1. The zero-order valence-electron chi connectivity index (χ0n) is 11.1. The summed E-state index contributed by atoms with van der Waals surface area (Å²) < 4.78 is 1.77. The Balaban J connectivity index is 1.86. The molecule has 1 aromatic heterocycles. The summed E-state index contributed by atoms with van der Waals surface area (Å²) in [6.45, 7) is 0.516. The van der Waals surface area contributed by atoms with E-state index in [1.54, 1.807) is 23.0 Å². The highest BCUT2D eigenvalue weighted by Gasteiger charge is 2.08. The first-order chi connectivity index (χ1) is 10.2. The molecule has 0 saturated carbocycles. The van der Waals surface area contributed by atoms with Gasteiger partial charge in [0.1, 0.15) is 0 Å². The van der Waals surface area contributed by atoms with Crippen molar-refractivity contribution in [2.45, 2.75) is 6.54 Å². The van der Waals surface area contributed by atoms with Gasteiger partial charge < -0.3 is 0 Å². The van der Waals surface area contributed by atoms with Crippen LogP contribution in [0.15, 0.2) is 60.8 Å². The van der Waals surface area contributed by atoms with Crippen molar-refractivity contribution >= 4 is 5.69 Å². The number of rotatable bonds is 4. The normalized spacial score (nSPS) is 10.5. The monoisotopic (exact) mass is 280 g/mol. The molecule has 1 heterocycles. The number of nitrogens with zero attached hydrogens (tertiary/aromatic N) is 4. The van der Waals surface area contributed by atoms with Gasteiger partial charge in [-0.2, -0.15) is 0 Å². The summed E-state index contributed by atoms with van der Waals surface area (Å²) in [6.07, 6.45) is 1.71. The largest absolute Gasteiger partial charge is 0.269 e. The molecule has 0 unspecified atom stereocenters. The summed E-state index contributed by atoms with van der Waals surface area (Å²) in [7, 11) is 0. The van der Waals surface area contributed by atoms with E-state index in [1.165, 1.54) is 12.1 Å². The summed E-state index contributed by atoms with van der Waals surface area (Å²) in [4.78, 5) is 10.2. The van der Waals surface area contributed by atoms with Crippen molar-refractivity contribution in [2.75, 3.05) is 0 Å². The zero-order valence-corrected chi connectivity index (χ0v) is 11.1. The lowest BCUT2D eigenvalue weighted by Gasteiger charge is -2.06. The molecular formula is C15H12N4O2. The highest BCUT2D eigenvalue weighted by atomic mass is 16.6. The van der Waals surface area contributed by atoms with Crippen LogP contribution >= 0.6 is 0 Å². The highest BCUT2D eigenvalue weighted by molar-refractivity contribution is 5.58. The van der Waals surface area contributed by atoms with Gasteiger partial charge in [-0.15, -0.1) is 5.10 Å². The van der Waals surface area contributed by atoms with Crippen LogP contribution < -0.4 is 0 Å². The Morgan fingerprint density at radius 1 is 1.05 bits per heavy atom. The van der Waals surface area contributed by atoms with Crippen LogP contribution in [0.4, 0.5) is 5.69 Å². The van der Waals surface area contributed by atoms with Crippen LogP contribution in [0, 0.1) is 10.1 Å². The fourth-order valence-electron chi connectivity index (χ4n) is 2.10. The van der Waals surface area contributed by atoms with Gasteiger partial charge in [-0.05, 0) is 5.56 Å². The second-order valence-corrected chi connectivity index (χ2v) is 4.57. The lowest BCUT2D eigenvalue weighted by atomic mass is 10.1. The Morgan fingerprint density at radius 2 is 1.76 bits per heavy atom. The summed E-state index contributed by atoms with van der Waals surface area (Å²) in [5.74, 6) is 0. The maximum absolute atomic E-state index is 10.6. The molecule has 6 nitrogen and oxygen atoms in total. The summed E-state index contributed by atoms with van der Waals surface area (Å²) >= 11 is 0. The molecule has 2 aromatic carbocycles. The Morgan fingerprint density at radius 3 is 2.43 bits per heavy atom. The van der Waals surface area contributed by atoms with Crippen molar-refractivity contribution in [2.24, 2.45) is 0 Å². The molecule has 6 heteroatoms. The quantitative estimate of drug-likeness (QED) is 0.544. The minimum atomic E-state index is -0.408. The average Bonchev–Trinajstić information content (AvgIpc) is 2.97. The van der Waals surface area contributed by atoms with E-state index in [0.29, 0.717) is 6.54 Å². The van der Waals surface area contributed by atoms with E-state index in [4.69, 9.17) is 0 Å². The summed E-state index contributed by atoms with van der Waals surface area (Å²) in [5.41, 5.74) is 2.96. The summed E-state index contributed by atoms with van der Waals surface area (Å²) in [5, 5.41) is 18.7. The van der Waals surface area contributed by atoms with Crippen molar-refractivity contribution in [3.63, 3.8) is 0 Å². The average molecular weight is 280 g/mol. The Hall–Kier alpha value is -3.02. The van der Waals surface area contributed by atoms with Gasteiger partial charge >= 0.3 is 0 Å². The third-order valence-corrected chi connectivity index (χ3v) is 3.17. The van der Waals surface area contributed by atoms with Gasteiger partial charge in [0, 0.05) is 17.7 Å². The van der Waals surface area contributed by atoms with Gasteiger partial charge in [-0.3, -0.25) is 10.1 Å². The maximum Gasteiger partial charge on any atom is 0.269 e. The minimum absolute atomic E-state index is 0.0839. The number of benzene rings is 2. The molecule has 0 aliphatic rings. The number of hydrogen-bond donors (Lipinski definition) is 0. The van der Waals surface area contributed by atoms with Crippen molar-refractivity contribution in [1.29, 1.82) is 0 Å². The van der Waals surface area contributed by atoms with Crippen LogP contribution in [0.3, 0.4) is 0 Å². The van der Waals surface area contributed by atoms with Gasteiger partial charge in [-0.25, -0.2) is 4.68 Å². The maximum atomic E-state index is 10.6. The topological polar surface area (TPSA) is 73.8 Å². The van der Waals surface area contributed by atoms with E-state index in [9.17, 15) is 10.1 Å². The molecule has 0 fully saturated rings. The van der Waals surface area contributed by atoms with Crippen molar-refractivity contribution < 1.29 is 4.92 Å². The molecule has 0 atom stereocenters. The van der Waals surface area contributed by atoms with E-state index in [2.05, 4.69) is 10.3 Å². The molecule has 21 heavy (non-hydrogen) atoms. The Labute approximate surface area is 120 Å². The molecule has 0 aliphatic carbocycles. The molecule has 0 saturated heterocycles. The predicted octanol–water partition coefficient (Wildman–Crippen LogP) is 2.90. The standard InChI is InChI=1S/C15H12N4O2/c20-19(21)14-8-6-12(7-9-14)11-18-15(10-16-17-18)13-4-2-1-3-5-13/h1-10H,11H2. The lowest BCUT2D eigenvalue weighted by Crippen LogP contribution is -2.04. The second kappa shape index (κ2) is 5.54. The SMILES string of the molecule is O=[N+]([O-])c1ccc(Cn2nncc2-c2ccccc2)cc1. The number of hydrogen-bond acceptors (Lipinski definition) is 4. The molecule has 0 aliphatic heterocycles. The van der Waals surface area contributed by atoms with Crippen LogP contribution in [0.1, 0.15) is 5.56 Å². The Bertz CT molecular complexity index is 751. The molecule has 0 spiro atoms. The minimum Gasteiger partial charge on any atom is -0.258 e. The first-order valence-corrected chi connectivity index (χ1v) is 6.41. The van der Waals surface area contributed by atoms with E-state index >= 15 is 0 Å². The molecule has 0 N–H and O–H groups in total. The molecule has 0 radical (unpaired) electrons. The third kappa shape index (κ3) is 2.79. The molecule has 104 valence electrons. The molecular weight excluding hydrogens is 268 g/mol. The molecule has 0 bridgehead atoms. The van der Waals surface area contributed by atoms with Gasteiger partial charge in [-0.1, -0.05) is 47.7 Å². The van der Waals surface area contributed by atoms with Crippen molar-refractivity contribution in [3.05, 3.63) is 76.5 Å². The van der Waals surface area contributed by atoms with Crippen molar-refractivity contribution in [3.8, 4) is 11.3 Å². The zero-order chi connectivity index (χ0) is 14.7. The second-order valence-electron chi connectivity index (χ2n) is 4.57. The van der Waals surface area contributed by atoms with Crippen LogP contribution in [0.5, 0.6) is 0 Å². The van der Waals surface area contributed by atoms with E-state index in [1.807, 2.05) is 30.3 Å². The van der Waals surface area contributed by atoms with Crippen LogP contribution in [0.2, 0.25) is 0 Å². The van der Waals surface area contributed by atoms with Crippen LogP contribution in [0.25, 0.3) is 11.3 Å². The van der Waals surface area contributed by atoms with Gasteiger partial charge in [0.05, 0.1) is 23.4 Å². The van der Waals surface area contributed by atoms with Crippen LogP contribution in [-0.4, -0.2) is 19.9 Å². The van der Waals surface area contributed by atoms with E-state index in [-0.39, 0.29) is 5.69 Å². The molecule has 3 aromatic rings. The molecule has 3 rings (SSSR count). The number of aromatic nitrogens is 3. The predicted molar refractivity (Wildman–Crippen MR) is 77.7 cm³/mol. The lowest BCUT2D eigenvalue weighted by molar-refractivity contribution is -0.384. The van der Waals surface area contributed by atoms with E-state index < -0.39 is 4.92 Å². The molecule has 0 amide bonds. The van der Waals surface area contributed by atoms with Gasteiger partial charge in [0.25, 0.3) is 5.69 Å². The first-order valence-electron chi connectivity index (χ1n) is 6.41. The number of nitro groups is 1. The highest BCUT2D eigenvalue weighted by Crippen LogP contribution is 2.19. The first kappa shape index (κ1) is 13.0. The van der Waals surface area contributed by atoms with Gasteiger partial charge in [0.15, 0.2) is 0 Å². The summed E-state index contributed by atoms with van der Waals surface area (Å²) in [6, 6.07) is 16.3. The van der Waals surface area contributed by atoms with E-state index in [0.717, 1.165) is 16.8 Å². The van der Waals surface area contributed by atoms with Gasteiger partial charge in [0.2, 0.25) is 0 Å². The smallest absolute Gasteiger partial charge is 0.258 e. The Kier molecular flexibility index (Phi) is 3.42. The fourth-order valence-corrected chi connectivity index (χ4v) is 2.10. The number of nitro benzene ring substituents is 1. The fraction of sp³-hybridized carbons (Fsp3) is 0.0667.